The van der Waals surface area contributed by atoms with E-state index >= 15 is 0 Å². The number of carbonyl (C=O) groups is 1. The van der Waals surface area contributed by atoms with Gasteiger partial charge in [0, 0.05) is 13.5 Å². The second-order valence-corrected chi connectivity index (χ2v) is 6.83. The molecule has 0 spiro atoms. The lowest BCUT2D eigenvalue weighted by molar-refractivity contribution is 0.141. The summed E-state index contributed by atoms with van der Waals surface area (Å²) in [7, 11) is 1.53. The topological polar surface area (TPSA) is 116 Å². The van der Waals surface area contributed by atoms with Crippen LogP contribution in [0.2, 0.25) is 0 Å². The molecule has 1 fully saturated rings. The Morgan fingerprint density at radius 1 is 1.36 bits per heavy atom. The maximum Gasteiger partial charge on any atom is 0.412 e. The van der Waals surface area contributed by atoms with Crippen LogP contribution in [0.15, 0.2) is 18.0 Å². The summed E-state index contributed by atoms with van der Waals surface area (Å²) < 4.78 is 23.1. The van der Waals surface area contributed by atoms with Gasteiger partial charge in [-0.3, -0.25) is 14.7 Å². The third-order valence-corrected chi connectivity index (χ3v) is 4.50. The number of halogens is 1. The smallest absolute Gasteiger partial charge is 0.412 e. The Hall–Kier alpha value is -2.55. The summed E-state index contributed by atoms with van der Waals surface area (Å²) in [5.74, 6) is 6.65. The first-order valence-electron chi connectivity index (χ1n) is 9.55. The van der Waals surface area contributed by atoms with E-state index in [4.69, 9.17) is 21.1 Å². The normalized spacial score (nSPS) is 15.6. The first kappa shape index (κ1) is 21.7. The molecule has 1 saturated carbocycles. The molecular weight excluding hydrogens is 365 g/mol. The van der Waals surface area contributed by atoms with Gasteiger partial charge in [-0.1, -0.05) is 6.42 Å². The third kappa shape index (κ3) is 6.26. The van der Waals surface area contributed by atoms with Crippen molar-refractivity contribution in [2.24, 2.45) is 11.6 Å². The van der Waals surface area contributed by atoms with Crippen molar-refractivity contribution in [1.82, 2.24) is 15.3 Å². The number of nitrogens with zero attached hydrogens (tertiary/aromatic N) is 2. The molecule has 5 N–H and O–H groups in total. The minimum absolute atomic E-state index is 0.0334. The fourth-order valence-electron chi connectivity index (χ4n) is 3.00. The fraction of sp³-hybridized carbons (Fsp3) is 0.579. The molecular formula is C19H30FN5O3. The lowest BCUT2D eigenvalue weighted by Gasteiger charge is -2.24. The van der Waals surface area contributed by atoms with Crippen molar-refractivity contribution < 1.29 is 18.7 Å². The highest BCUT2D eigenvalue weighted by Crippen LogP contribution is 2.26. The van der Waals surface area contributed by atoms with E-state index in [1.54, 1.807) is 6.07 Å². The van der Waals surface area contributed by atoms with Crippen molar-refractivity contribution in [3.63, 3.8) is 0 Å². The zero-order valence-corrected chi connectivity index (χ0v) is 16.5. The number of aromatic nitrogens is 1. The van der Waals surface area contributed by atoms with Crippen LogP contribution in [-0.4, -0.2) is 42.5 Å². The standard InChI is InChI=1S/C19H30FN5O3/c1-13-16(28-14-7-4-3-5-8-14)10-9-15(23-13)17(21)18(25(2)22)24-19(26)27-12-6-11-20/h9-10,14H,3-8,11-12,21-22H2,1-2H3,(H,24,26)/b18-17-. The van der Waals surface area contributed by atoms with Crippen LogP contribution in [0.3, 0.4) is 0 Å². The molecule has 1 aliphatic carbocycles. The first-order valence-corrected chi connectivity index (χ1v) is 9.55. The number of aryl methyl sites for hydroxylation is 1. The number of nitrogens with two attached hydrogens (primary N) is 2. The summed E-state index contributed by atoms with van der Waals surface area (Å²) in [6.07, 6.45) is 5.32. The highest BCUT2D eigenvalue weighted by atomic mass is 19.1. The molecule has 1 aromatic heterocycles. The highest BCUT2D eigenvalue weighted by Gasteiger charge is 2.18. The van der Waals surface area contributed by atoms with Gasteiger partial charge in [0.1, 0.15) is 11.4 Å². The summed E-state index contributed by atoms with van der Waals surface area (Å²) in [5.41, 5.74) is 7.50. The van der Waals surface area contributed by atoms with Gasteiger partial charge < -0.3 is 15.2 Å². The van der Waals surface area contributed by atoms with Crippen molar-refractivity contribution in [3.8, 4) is 5.75 Å². The summed E-state index contributed by atoms with van der Waals surface area (Å²) >= 11 is 0. The predicted molar refractivity (Wildman–Crippen MR) is 105 cm³/mol. The second kappa shape index (κ2) is 10.7. The van der Waals surface area contributed by atoms with Crippen molar-refractivity contribution in [2.45, 2.75) is 51.6 Å². The molecule has 0 aliphatic heterocycles. The largest absolute Gasteiger partial charge is 0.489 e. The van der Waals surface area contributed by atoms with Crippen molar-refractivity contribution in [3.05, 3.63) is 29.3 Å². The lowest BCUT2D eigenvalue weighted by Crippen LogP contribution is -2.39. The quantitative estimate of drug-likeness (QED) is 0.352. The van der Waals surface area contributed by atoms with E-state index < -0.39 is 12.8 Å². The van der Waals surface area contributed by atoms with E-state index in [2.05, 4.69) is 10.3 Å². The van der Waals surface area contributed by atoms with Crippen molar-refractivity contribution >= 4 is 11.8 Å². The van der Waals surface area contributed by atoms with E-state index in [-0.39, 0.29) is 30.6 Å². The van der Waals surface area contributed by atoms with Gasteiger partial charge in [-0.25, -0.2) is 15.6 Å². The maximum absolute atomic E-state index is 12.1. The number of hydrogen-bond acceptors (Lipinski definition) is 7. The minimum atomic E-state index is -0.766. The van der Waals surface area contributed by atoms with Crippen LogP contribution in [0, 0.1) is 6.92 Å². The molecule has 0 unspecified atom stereocenters. The number of amides is 1. The number of hydrogen-bond donors (Lipinski definition) is 3. The fourth-order valence-corrected chi connectivity index (χ4v) is 3.00. The number of alkyl carbamates (subject to hydrolysis) is 1. The third-order valence-electron chi connectivity index (χ3n) is 4.50. The van der Waals surface area contributed by atoms with E-state index in [0.29, 0.717) is 11.4 Å². The van der Waals surface area contributed by atoms with Crippen LogP contribution in [-0.2, 0) is 4.74 Å². The van der Waals surface area contributed by atoms with Gasteiger partial charge in [-0.2, -0.15) is 0 Å². The first-order chi connectivity index (χ1) is 13.4. The number of alkyl halides is 1. The number of ether oxygens (including phenoxy) is 2. The van der Waals surface area contributed by atoms with Gasteiger partial charge in [0.2, 0.25) is 0 Å². The van der Waals surface area contributed by atoms with Crippen LogP contribution >= 0.6 is 0 Å². The molecule has 156 valence electrons. The SMILES string of the molecule is Cc1nc(/C(N)=C(\NC(=O)OCCCF)N(C)N)ccc1OC1CCCCC1. The Bertz CT molecular complexity index is 690. The molecule has 0 atom stereocenters. The van der Waals surface area contributed by atoms with E-state index in [1.807, 2.05) is 13.0 Å². The van der Waals surface area contributed by atoms with Crippen molar-refractivity contribution in [2.75, 3.05) is 20.3 Å². The lowest BCUT2D eigenvalue weighted by atomic mass is 9.98. The molecule has 1 aromatic rings. The molecule has 9 heteroatoms. The van der Waals surface area contributed by atoms with Gasteiger partial charge >= 0.3 is 6.09 Å². The molecule has 1 amide bonds. The van der Waals surface area contributed by atoms with Gasteiger partial charge in [0.05, 0.1) is 30.8 Å². The Kier molecular flexibility index (Phi) is 8.31. The molecule has 1 aliphatic rings. The molecule has 8 nitrogen and oxygen atoms in total. The van der Waals surface area contributed by atoms with Gasteiger partial charge in [-0.15, -0.1) is 0 Å². The van der Waals surface area contributed by atoms with Gasteiger partial charge in [0.15, 0.2) is 5.82 Å². The molecule has 0 bridgehead atoms. The number of rotatable bonds is 8. The van der Waals surface area contributed by atoms with E-state index in [0.717, 1.165) is 23.6 Å². The summed E-state index contributed by atoms with van der Waals surface area (Å²) in [4.78, 5) is 16.3. The van der Waals surface area contributed by atoms with Gasteiger partial charge in [0.25, 0.3) is 0 Å². The summed E-state index contributed by atoms with van der Waals surface area (Å²) in [5, 5.41) is 3.64. The molecule has 2 rings (SSSR count). The monoisotopic (exact) mass is 395 g/mol. The van der Waals surface area contributed by atoms with Crippen LogP contribution < -0.4 is 21.6 Å². The summed E-state index contributed by atoms with van der Waals surface area (Å²) in [6, 6.07) is 3.55. The van der Waals surface area contributed by atoms with Crippen LogP contribution in [0.4, 0.5) is 9.18 Å². The number of pyridine rings is 1. The van der Waals surface area contributed by atoms with Crippen LogP contribution in [0.1, 0.15) is 49.9 Å². The number of hydrazine groups is 1. The Morgan fingerprint density at radius 2 is 2.07 bits per heavy atom. The highest BCUT2D eigenvalue weighted by molar-refractivity contribution is 5.74. The van der Waals surface area contributed by atoms with Crippen molar-refractivity contribution in [1.29, 1.82) is 0 Å². The van der Waals surface area contributed by atoms with Gasteiger partial charge in [-0.05, 0) is 44.7 Å². The Labute approximate surface area is 165 Å². The van der Waals surface area contributed by atoms with E-state index in [1.165, 1.54) is 26.3 Å². The molecule has 28 heavy (non-hydrogen) atoms. The number of carbonyl (C=O) groups excluding carboxylic acids is 1. The summed E-state index contributed by atoms with van der Waals surface area (Å²) in [6.45, 7) is 1.25. The minimum Gasteiger partial charge on any atom is -0.489 e. The Balaban J connectivity index is 2.12. The maximum atomic E-state index is 12.1. The second-order valence-electron chi connectivity index (χ2n) is 6.83. The Morgan fingerprint density at radius 3 is 2.68 bits per heavy atom. The molecule has 0 saturated heterocycles. The zero-order chi connectivity index (χ0) is 20.5. The number of nitrogens with one attached hydrogen (secondary N) is 1. The average Bonchev–Trinajstić information content (AvgIpc) is 2.68. The predicted octanol–water partition coefficient (Wildman–Crippen LogP) is 2.58. The average molecular weight is 395 g/mol. The molecule has 0 aromatic carbocycles. The van der Waals surface area contributed by atoms with Crippen LogP contribution in [0.25, 0.3) is 5.70 Å². The molecule has 0 radical (unpaired) electrons. The van der Waals surface area contributed by atoms with Crippen LogP contribution in [0.5, 0.6) is 5.75 Å². The van der Waals surface area contributed by atoms with E-state index in [9.17, 15) is 9.18 Å². The zero-order valence-electron chi connectivity index (χ0n) is 16.5. The molecule has 1 heterocycles.